The first kappa shape index (κ1) is 13.0. The van der Waals surface area contributed by atoms with Crippen molar-refractivity contribution in [3.8, 4) is 0 Å². The van der Waals surface area contributed by atoms with Crippen molar-refractivity contribution in [3.05, 3.63) is 46.2 Å². The number of aryl methyl sites for hydroxylation is 2. The van der Waals surface area contributed by atoms with Gasteiger partial charge >= 0.3 is 0 Å². The van der Waals surface area contributed by atoms with Crippen LogP contribution < -0.4 is 5.32 Å². The summed E-state index contributed by atoms with van der Waals surface area (Å²) in [5.41, 5.74) is 3.98. The van der Waals surface area contributed by atoms with Crippen LogP contribution >= 0.6 is 15.9 Å². The molecule has 2 rings (SSSR count). The molecule has 0 bridgehead atoms. The lowest BCUT2D eigenvalue weighted by Crippen LogP contribution is -2.11. The Labute approximate surface area is 115 Å². The van der Waals surface area contributed by atoms with Crippen molar-refractivity contribution < 1.29 is 0 Å². The average Bonchev–Trinajstić information content (AvgIpc) is 2.34. The van der Waals surface area contributed by atoms with Crippen molar-refractivity contribution >= 4 is 21.6 Å². The number of hydrogen-bond acceptors (Lipinski definition) is 4. The smallest absolute Gasteiger partial charge is 0.109 e. The van der Waals surface area contributed by atoms with E-state index in [1.165, 1.54) is 0 Å². The number of aromatic nitrogens is 3. The Hall–Kier alpha value is -1.49. The highest BCUT2D eigenvalue weighted by Gasteiger charge is 2.10. The van der Waals surface area contributed by atoms with Gasteiger partial charge in [-0.25, -0.2) is 4.98 Å². The first-order valence-corrected chi connectivity index (χ1v) is 6.53. The summed E-state index contributed by atoms with van der Waals surface area (Å²) in [5.74, 6) is 0. The summed E-state index contributed by atoms with van der Waals surface area (Å²) in [4.78, 5) is 12.9. The van der Waals surface area contributed by atoms with E-state index in [9.17, 15) is 0 Å². The third-order valence-electron chi connectivity index (χ3n) is 2.73. The molecule has 2 aromatic rings. The highest BCUT2D eigenvalue weighted by molar-refractivity contribution is 9.10. The van der Waals surface area contributed by atoms with Crippen LogP contribution in [0.2, 0.25) is 0 Å². The summed E-state index contributed by atoms with van der Waals surface area (Å²) >= 11 is 3.39. The summed E-state index contributed by atoms with van der Waals surface area (Å²) in [6.45, 7) is 6.04. The van der Waals surface area contributed by atoms with E-state index in [0.717, 1.165) is 27.2 Å². The molecule has 0 fully saturated rings. The molecule has 1 atom stereocenters. The Bertz CT molecular complexity index is 556. The topological polar surface area (TPSA) is 50.7 Å². The van der Waals surface area contributed by atoms with Gasteiger partial charge in [0.2, 0.25) is 0 Å². The minimum atomic E-state index is 0.0982. The van der Waals surface area contributed by atoms with Gasteiger partial charge in [-0.3, -0.25) is 9.97 Å². The van der Waals surface area contributed by atoms with Gasteiger partial charge in [-0.05, 0) is 48.3 Å². The zero-order valence-corrected chi connectivity index (χ0v) is 12.2. The second-order valence-electron chi connectivity index (χ2n) is 4.22. The van der Waals surface area contributed by atoms with Crippen LogP contribution in [0.4, 0.5) is 5.69 Å². The first-order valence-electron chi connectivity index (χ1n) is 5.74. The van der Waals surface area contributed by atoms with Gasteiger partial charge in [-0.15, -0.1) is 0 Å². The van der Waals surface area contributed by atoms with E-state index < -0.39 is 0 Å². The SMILES string of the molecule is Cc1cc(NC(C)c2nccnc2C)cnc1Br. The van der Waals surface area contributed by atoms with Crippen LogP contribution in [0.15, 0.2) is 29.3 Å². The third kappa shape index (κ3) is 2.85. The summed E-state index contributed by atoms with van der Waals surface area (Å²) in [6.07, 6.45) is 5.22. The number of rotatable bonds is 3. The number of nitrogens with zero attached hydrogens (tertiary/aromatic N) is 3. The maximum absolute atomic E-state index is 4.36. The molecule has 5 heteroatoms. The largest absolute Gasteiger partial charge is 0.376 e. The van der Waals surface area contributed by atoms with Crippen LogP contribution in [-0.4, -0.2) is 15.0 Å². The molecule has 2 heterocycles. The number of halogens is 1. The van der Waals surface area contributed by atoms with Gasteiger partial charge in [-0.1, -0.05) is 0 Å². The van der Waals surface area contributed by atoms with E-state index in [-0.39, 0.29) is 6.04 Å². The second-order valence-corrected chi connectivity index (χ2v) is 4.98. The first-order chi connectivity index (χ1) is 8.58. The molecule has 4 nitrogen and oxygen atoms in total. The zero-order valence-electron chi connectivity index (χ0n) is 10.6. The molecule has 18 heavy (non-hydrogen) atoms. The molecule has 2 aromatic heterocycles. The number of nitrogens with one attached hydrogen (secondary N) is 1. The zero-order chi connectivity index (χ0) is 13.1. The maximum atomic E-state index is 4.36. The van der Waals surface area contributed by atoms with Crippen LogP contribution in [0, 0.1) is 13.8 Å². The highest BCUT2D eigenvalue weighted by Crippen LogP contribution is 2.21. The Kier molecular flexibility index (Phi) is 3.91. The van der Waals surface area contributed by atoms with Crippen LogP contribution in [0.1, 0.15) is 29.9 Å². The van der Waals surface area contributed by atoms with Crippen molar-refractivity contribution in [1.29, 1.82) is 0 Å². The molecule has 0 amide bonds. The van der Waals surface area contributed by atoms with Crippen LogP contribution in [-0.2, 0) is 0 Å². The van der Waals surface area contributed by atoms with Gasteiger partial charge in [0.05, 0.1) is 29.3 Å². The lowest BCUT2D eigenvalue weighted by Gasteiger charge is -2.16. The summed E-state index contributed by atoms with van der Waals surface area (Å²) in [5, 5.41) is 3.38. The van der Waals surface area contributed by atoms with Crippen LogP contribution in [0.3, 0.4) is 0 Å². The predicted molar refractivity (Wildman–Crippen MR) is 75.5 cm³/mol. The number of hydrogen-bond donors (Lipinski definition) is 1. The Morgan fingerprint density at radius 2 is 1.89 bits per heavy atom. The highest BCUT2D eigenvalue weighted by atomic mass is 79.9. The Balaban J connectivity index is 2.19. The van der Waals surface area contributed by atoms with E-state index in [1.807, 2.05) is 13.8 Å². The molecule has 94 valence electrons. The van der Waals surface area contributed by atoms with Crippen molar-refractivity contribution in [2.45, 2.75) is 26.8 Å². The molecule has 0 spiro atoms. The van der Waals surface area contributed by atoms with Gasteiger partial charge in [0.25, 0.3) is 0 Å². The van der Waals surface area contributed by atoms with Gasteiger partial charge in [0.15, 0.2) is 0 Å². The number of anilines is 1. The van der Waals surface area contributed by atoms with Gasteiger partial charge in [-0.2, -0.15) is 0 Å². The fourth-order valence-corrected chi connectivity index (χ4v) is 2.02. The molecule has 1 unspecified atom stereocenters. The molecule has 0 radical (unpaired) electrons. The lowest BCUT2D eigenvalue weighted by atomic mass is 10.2. The van der Waals surface area contributed by atoms with E-state index >= 15 is 0 Å². The summed E-state index contributed by atoms with van der Waals surface area (Å²) in [6, 6.07) is 2.15. The molecule has 0 aliphatic heterocycles. The van der Waals surface area contributed by atoms with Crippen LogP contribution in [0.5, 0.6) is 0 Å². The summed E-state index contributed by atoms with van der Waals surface area (Å²) in [7, 11) is 0. The van der Waals surface area contributed by atoms with Gasteiger partial charge < -0.3 is 5.32 Å². The fraction of sp³-hybridized carbons (Fsp3) is 0.308. The Morgan fingerprint density at radius 1 is 1.17 bits per heavy atom. The third-order valence-corrected chi connectivity index (χ3v) is 3.56. The minimum Gasteiger partial charge on any atom is -0.376 e. The normalized spacial score (nSPS) is 12.2. The van der Waals surface area contributed by atoms with Crippen molar-refractivity contribution in [3.63, 3.8) is 0 Å². The number of pyridine rings is 1. The lowest BCUT2D eigenvalue weighted by molar-refractivity contribution is 0.808. The molecule has 0 saturated carbocycles. The molecule has 0 saturated heterocycles. The van der Waals surface area contributed by atoms with Gasteiger partial charge in [0, 0.05) is 12.4 Å². The van der Waals surface area contributed by atoms with E-state index in [4.69, 9.17) is 0 Å². The quantitative estimate of drug-likeness (QED) is 0.883. The van der Waals surface area contributed by atoms with E-state index in [0.29, 0.717) is 0 Å². The monoisotopic (exact) mass is 306 g/mol. The molecule has 0 aromatic carbocycles. The van der Waals surface area contributed by atoms with Crippen LogP contribution in [0.25, 0.3) is 0 Å². The summed E-state index contributed by atoms with van der Waals surface area (Å²) < 4.78 is 0.872. The molecular weight excluding hydrogens is 292 g/mol. The average molecular weight is 307 g/mol. The van der Waals surface area contributed by atoms with Crippen molar-refractivity contribution in [2.24, 2.45) is 0 Å². The maximum Gasteiger partial charge on any atom is 0.109 e. The Morgan fingerprint density at radius 3 is 2.56 bits per heavy atom. The van der Waals surface area contributed by atoms with Crippen molar-refractivity contribution in [2.75, 3.05) is 5.32 Å². The standard InChI is InChI=1S/C13H15BrN4/c1-8-6-11(7-17-13(8)14)18-10(3)12-9(2)15-4-5-16-12/h4-7,10,18H,1-3H3. The minimum absolute atomic E-state index is 0.0982. The van der Waals surface area contributed by atoms with Gasteiger partial charge in [0.1, 0.15) is 4.60 Å². The molecule has 0 aliphatic carbocycles. The van der Waals surface area contributed by atoms with Crippen molar-refractivity contribution in [1.82, 2.24) is 15.0 Å². The molecule has 0 aliphatic rings. The predicted octanol–water partition coefficient (Wildman–Crippen LogP) is 3.42. The van der Waals surface area contributed by atoms with E-state index in [2.05, 4.69) is 49.2 Å². The fourth-order valence-electron chi connectivity index (χ4n) is 1.80. The van der Waals surface area contributed by atoms with E-state index in [1.54, 1.807) is 18.6 Å². The second kappa shape index (κ2) is 5.44. The molecular formula is C13H15BrN4. The molecule has 1 N–H and O–H groups in total.